The highest BCUT2D eigenvalue weighted by atomic mass is 15.3. The van der Waals surface area contributed by atoms with Crippen molar-refractivity contribution in [3.63, 3.8) is 0 Å². The van der Waals surface area contributed by atoms with Crippen molar-refractivity contribution in [1.29, 1.82) is 0 Å². The van der Waals surface area contributed by atoms with E-state index in [0.717, 1.165) is 17.9 Å². The maximum atomic E-state index is 3.88. The van der Waals surface area contributed by atoms with Gasteiger partial charge < -0.3 is 5.32 Å². The Labute approximate surface area is 119 Å². The molecule has 0 aromatic carbocycles. The summed E-state index contributed by atoms with van der Waals surface area (Å²) in [6, 6.07) is 0.736. The molecule has 110 valence electrons. The van der Waals surface area contributed by atoms with Crippen molar-refractivity contribution in [3.05, 3.63) is 0 Å². The normalized spacial score (nSPS) is 39.8. The van der Waals surface area contributed by atoms with E-state index in [9.17, 15) is 0 Å². The Morgan fingerprint density at radius 1 is 1.05 bits per heavy atom. The molecule has 2 saturated carbocycles. The molecule has 0 aromatic rings. The van der Waals surface area contributed by atoms with Gasteiger partial charge >= 0.3 is 0 Å². The molecule has 1 saturated heterocycles. The van der Waals surface area contributed by atoms with Crippen molar-refractivity contribution in [2.75, 3.05) is 19.6 Å². The fourth-order valence-corrected chi connectivity index (χ4v) is 4.69. The Bertz CT molecular complexity index is 296. The molecular weight excluding hydrogens is 232 g/mol. The lowest BCUT2D eigenvalue weighted by molar-refractivity contribution is 0.0564. The van der Waals surface area contributed by atoms with Crippen LogP contribution in [0.2, 0.25) is 0 Å². The smallest absolute Gasteiger partial charge is 0.0309 e. The van der Waals surface area contributed by atoms with E-state index < -0.39 is 0 Å². The largest absolute Gasteiger partial charge is 0.308 e. The predicted molar refractivity (Wildman–Crippen MR) is 81.4 cm³/mol. The highest BCUT2D eigenvalue weighted by Gasteiger charge is 2.40. The van der Waals surface area contributed by atoms with Crippen LogP contribution in [-0.2, 0) is 0 Å². The van der Waals surface area contributed by atoms with Crippen LogP contribution in [0.3, 0.4) is 0 Å². The van der Waals surface area contributed by atoms with E-state index in [1.165, 1.54) is 71.0 Å². The van der Waals surface area contributed by atoms with Gasteiger partial charge in [0, 0.05) is 31.2 Å². The zero-order chi connectivity index (χ0) is 13.3. The maximum absolute atomic E-state index is 3.88. The average Bonchev–Trinajstić information content (AvgIpc) is 2.85. The molecule has 3 unspecified atom stereocenters. The van der Waals surface area contributed by atoms with Gasteiger partial charge in [-0.3, -0.25) is 4.90 Å². The van der Waals surface area contributed by atoms with Crippen LogP contribution in [0.5, 0.6) is 0 Å². The lowest BCUT2D eigenvalue weighted by Gasteiger charge is -2.47. The van der Waals surface area contributed by atoms with Crippen LogP contribution in [0.4, 0.5) is 0 Å². The third-order valence-electron chi connectivity index (χ3n) is 6.22. The SMILES string of the molecule is CC1CCCCC1CN1CC2(CCCC2)NCC1C. The van der Waals surface area contributed by atoms with Crippen LogP contribution in [0.25, 0.3) is 0 Å². The van der Waals surface area contributed by atoms with Gasteiger partial charge in [-0.05, 0) is 38.0 Å². The van der Waals surface area contributed by atoms with Crippen molar-refractivity contribution in [2.24, 2.45) is 11.8 Å². The van der Waals surface area contributed by atoms with E-state index in [4.69, 9.17) is 0 Å². The minimum atomic E-state index is 0.490. The molecule has 3 rings (SSSR count). The molecule has 3 atom stereocenters. The minimum absolute atomic E-state index is 0.490. The van der Waals surface area contributed by atoms with Crippen LogP contribution in [-0.4, -0.2) is 36.1 Å². The van der Waals surface area contributed by atoms with Gasteiger partial charge in [0.15, 0.2) is 0 Å². The first-order valence-electron chi connectivity index (χ1n) is 8.68. The molecule has 19 heavy (non-hydrogen) atoms. The second kappa shape index (κ2) is 5.73. The van der Waals surface area contributed by atoms with Crippen LogP contribution in [0, 0.1) is 11.8 Å². The topological polar surface area (TPSA) is 15.3 Å². The lowest BCUT2D eigenvalue weighted by Crippen LogP contribution is -2.63. The molecule has 0 aromatic heterocycles. The van der Waals surface area contributed by atoms with E-state index in [1.54, 1.807) is 0 Å². The van der Waals surface area contributed by atoms with Crippen molar-refractivity contribution >= 4 is 0 Å². The first-order chi connectivity index (χ1) is 9.19. The fraction of sp³-hybridized carbons (Fsp3) is 1.00. The molecule has 0 bridgehead atoms. The van der Waals surface area contributed by atoms with Gasteiger partial charge in [-0.1, -0.05) is 39.0 Å². The molecular formula is C17H32N2. The summed E-state index contributed by atoms with van der Waals surface area (Å²) >= 11 is 0. The van der Waals surface area contributed by atoms with Crippen molar-refractivity contribution in [2.45, 2.75) is 76.8 Å². The molecule has 0 amide bonds. The molecule has 2 heteroatoms. The van der Waals surface area contributed by atoms with E-state index in [-0.39, 0.29) is 0 Å². The summed E-state index contributed by atoms with van der Waals surface area (Å²) in [6.45, 7) is 8.80. The molecule has 1 N–H and O–H groups in total. The molecule has 3 fully saturated rings. The summed E-state index contributed by atoms with van der Waals surface area (Å²) in [5.41, 5.74) is 0.490. The molecule has 2 aliphatic carbocycles. The van der Waals surface area contributed by atoms with Gasteiger partial charge in [-0.2, -0.15) is 0 Å². The van der Waals surface area contributed by atoms with Gasteiger partial charge in [0.05, 0.1) is 0 Å². The highest BCUT2D eigenvalue weighted by Crippen LogP contribution is 2.35. The number of rotatable bonds is 2. The molecule has 0 radical (unpaired) electrons. The third-order valence-corrected chi connectivity index (χ3v) is 6.22. The van der Waals surface area contributed by atoms with E-state index >= 15 is 0 Å². The van der Waals surface area contributed by atoms with Gasteiger partial charge in [0.1, 0.15) is 0 Å². The number of nitrogens with one attached hydrogen (secondary N) is 1. The monoisotopic (exact) mass is 264 g/mol. The quantitative estimate of drug-likeness (QED) is 0.822. The highest BCUT2D eigenvalue weighted by molar-refractivity contribution is 5.00. The van der Waals surface area contributed by atoms with Crippen LogP contribution < -0.4 is 5.32 Å². The van der Waals surface area contributed by atoms with Crippen molar-refractivity contribution in [1.82, 2.24) is 10.2 Å². The molecule has 2 nitrogen and oxygen atoms in total. The number of hydrogen-bond acceptors (Lipinski definition) is 2. The Balaban J connectivity index is 1.61. The van der Waals surface area contributed by atoms with Gasteiger partial charge in [0.25, 0.3) is 0 Å². The van der Waals surface area contributed by atoms with E-state index in [1.807, 2.05) is 0 Å². The summed E-state index contributed by atoms with van der Waals surface area (Å²) in [6.07, 6.45) is 11.6. The Morgan fingerprint density at radius 2 is 1.79 bits per heavy atom. The van der Waals surface area contributed by atoms with Gasteiger partial charge in [-0.25, -0.2) is 0 Å². The maximum Gasteiger partial charge on any atom is 0.0309 e. The number of nitrogens with zero attached hydrogens (tertiary/aromatic N) is 1. The second-order valence-corrected chi connectivity index (χ2v) is 7.67. The lowest BCUT2D eigenvalue weighted by atomic mass is 9.79. The molecule has 1 spiro atoms. The predicted octanol–water partition coefficient (Wildman–Crippen LogP) is 3.42. The average molecular weight is 264 g/mol. The fourth-order valence-electron chi connectivity index (χ4n) is 4.69. The van der Waals surface area contributed by atoms with Crippen molar-refractivity contribution in [3.8, 4) is 0 Å². The van der Waals surface area contributed by atoms with Crippen LogP contribution in [0.15, 0.2) is 0 Å². The Kier molecular flexibility index (Phi) is 4.19. The van der Waals surface area contributed by atoms with Gasteiger partial charge in [0.2, 0.25) is 0 Å². The first-order valence-corrected chi connectivity index (χ1v) is 8.68. The molecule has 3 aliphatic rings. The standard InChI is InChI=1S/C17H32N2/c1-14-7-3-4-8-16(14)12-19-13-17(9-5-6-10-17)18-11-15(19)2/h14-16,18H,3-13H2,1-2H3. The summed E-state index contributed by atoms with van der Waals surface area (Å²) < 4.78 is 0. The summed E-state index contributed by atoms with van der Waals surface area (Å²) in [7, 11) is 0. The summed E-state index contributed by atoms with van der Waals surface area (Å²) in [4.78, 5) is 2.83. The summed E-state index contributed by atoms with van der Waals surface area (Å²) in [5, 5.41) is 3.88. The Morgan fingerprint density at radius 3 is 2.53 bits per heavy atom. The van der Waals surface area contributed by atoms with Crippen LogP contribution >= 0.6 is 0 Å². The first kappa shape index (κ1) is 13.9. The minimum Gasteiger partial charge on any atom is -0.308 e. The number of piperazine rings is 1. The second-order valence-electron chi connectivity index (χ2n) is 7.67. The molecule has 1 heterocycles. The zero-order valence-corrected chi connectivity index (χ0v) is 13.0. The van der Waals surface area contributed by atoms with Gasteiger partial charge in [-0.15, -0.1) is 0 Å². The molecule has 1 aliphatic heterocycles. The van der Waals surface area contributed by atoms with Crippen LogP contribution in [0.1, 0.15) is 65.2 Å². The third kappa shape index (κ3) is 3.00. The number of hydrogen-bond donors (Lipinski definition) is 1. The summed E-state index contributed by atoms with van der Waals surface area (Å²) in [5.74, 6) is 1.92. The Hall–Kier alpha value is -0.0800. The van der Waals surface area contributed by atoms with E-state index in [0.29, 0.717) is 5.54 Å². The zero-order valence-electron chi connectivity index (χ0n) is 13.0. The van der Waals surface area contributed by atoms with Crippen molar-refractivity contribution < 1.29 is 0 Å². The van der Waals surface area contributed by atoms with E-state index in [2.05, 4.69) is 24.1 Å².